The van der Waals surface area contributed by atoms with Gasteiger partial charge in [0.05, 0.1) is 18.4 Å². The van der Waals surface area contributed by atoms with Crippen LogP contribution in [-0.4, -0.2) is 34.7 Å². The Bertz CT molecular complexity index is 1040. The first-order chi connectivity index (χ1) is 14.1. The molecule has 29 heavy (non-hydrogen) atoms. The van der Waals surface area contributed by atoms with Gasteiger partial charge in [-0.3, -0.25) is 0 Å². The van der Waals surface area contributed by atoms with Crippen molar-refractivity contribution < 1.29 is 22.8 Å². The quantitative estimate of drug-likeness (QED) is 0.702. The maximum Gasteiger partial charge on any atom is 0.322 e. The number of nitrogens with zero attached hydrogens (tertiary/aromatic N) is 3. The molecule has 7 nitrogen and oxygen atoms in total. The number of carbonyl (C=O) groups excluding carboxylic acids is 1. The molecular weight excluding hydrogens is 382 g/mol. The number of ether oxygens (including phenoxy) is 1. The second-order valence-corrected chi connectivity index (χ2v) is 6.56. The van der Waals surface area contributed by atoms with Gasteiger partial charge in [0.25, 0.3) is 0 Å². The molecule has 1 aliphatic heterocycles. The number of rotatable bonds is 4. The standard InChI is InChI=1S/C20H18F2N4O3/c1-28-17-7-3-2-5-13(17)18-24-19(29-25-18)16-6-4-10-26(16)20(27)23-15-9-8-12(21)11-14(15)22/h2-3,5,7-9,11,16H,4,6,10H2,1H3,(H,23,27)/t16-/m0/s1. The van der Waals surface area contributed by atoms with Crippen LogP contribution in [0, 0.1) is 11.6 Å². The molecule has 1 aliphatic rings. The monoisotopic (exact) mass is 400 g/mol. The van der Waals surface area contributed by atoms with E-state index in [0.29, 0.717) is 36.2 Å². The van der Waals surface area contributed by atoms with Crippen LogP contribution in [0.25, 0.3) is 11.4 Å². The largest absolute Gasteiger partial charge is 0.496 e. The fourth-order valence-corrected chi connectivity index (χ4v) is 3.35. The molecule has 1 atom stereocenters. The third kappa shape index (κ3) is 3.75. The van der Waals surface area contributed by atoms with Gasteiger partial charge in [-0.15, -0.1) is 0 Å². The lowest BCUT2D eigenvalue weighted by atomic mass is 10.2. The summed E-state index contributed by atoms with van der Waals surface area (Å²) in [6.07, 6.45) is 1.36. The maximum atomic E-state index is 13.9. The predicted octanol–water partition coefficient (Wildman–Crippen LogP) is 4.39. The van der Waals surface area contributed by atoms with E-state index in [-0.39, 0.29) is 11.6 Å². The predicted molar refractivity (Wildman–Crippen MR) is 100 cm³/mol. The molecule has 2 amide bonds. The Morgan fingerprint density at radius 3 is 2.90 bits per heavy atom. The van der Waals surface area contributed by atoms with Gasteiger partial charge in [-0.1, -0.05) is 17.3 Å². The van der Waals surface area contributed by atoms with Crippen molar-refractivity contribution >= 4 is 11.7 Å². The summed E-state index contributed by atoms with van der Waals surface area (Å²) in [7, 11) is 1.55. The fourth-order valence-electron chi connectivity index (χ4n) is 3.35. The minimum absolute atomic E-state index is 0.0951. The van der Waals surface area contributed by atoms with Crippen LogP contribution in [0.15, 0.2) is 47.0 Å². The average Bonchev–Trinajstić information content (AvgIpc) is 3.39. The van der Waals surface area contributed by atoms with Crippen molar-refractivity contribution in [3.63, 3.8) is 0 Å². The first kappa shape index (κ1) is 18.9. The van der Waals surface area contributed by atoms with Crippen molar-refractivity contribution in [3.05, 3.63) is 60.0 Å². The molecule has 2 heterocycles. The molecule has 3 aromatic rings. The number of carbonyl (C=O) groups is 1. The lowest BCUT2D eigenvalue weighted by molar-refractivity contribution is 0.193. The van der Waals surface area contributed by atoms with E-state index in [2.05, 4.69) is 15.5 Å². The molecular formula is C20H18F2N4O3. The average molecular weight is 400 g/mol. The molecule has 4 rings (SSSR count). The highest BCUT2D eigenvalue weighted by Crippen LogP contribution is 2.34. The van der Waals surface area contributed by atoms with Gasteiger partial charge in [-0.05, 0) is 37.1 Å². The van der Waals surface area contributed by atoms with Crippen molar-refractivity contribution in [2.45, 2.75) is 18.9 Å². The second kappa shape index (κ2) is 7.86. The van der Waals surface area contributed by atoms with Crippen molar-refractivity contribution in [1.29, 1.82) is 0 Å². The van der Waals surface area contributed by atoms with Crippen LogP contribution in [-0.2, 0) is 0 Å². The van der Waals surface area contributed by atoms with Gasteiger partial charge >= 0.3 is 6.03 Å². The van der Waals surface area contributed by atoms with Crippen LogP contribution >= 0.6 is 0 Å². The first-order valence-corrected chi connectivity index (χ1v) is 9.06. The maximum absolute atomic E-state index is 13.9. The molecule has 1 N–H and O–H groups in total. The fraction of sp³-hybridized carbons (Fsp3) is 0.250. The summed E-state index contributed by atoms with van der Waals surface area (Å²) < 4.78 is 37.7. The van der Waals surface area contributed by atoms with Crippen molar-refractivity contribution in [3.8, 4) is 17.1 Å². The summed E-state index contributed by atoms with van der Waals surface area (Å²) in [5, 5.41) is 6.49. The minimum atomic E-state index is -0.842. The number of para-hydroxylation sites is 1. The zero-order chi connectivity index (χ0) is 20.4. The van der Waals surface area contributed by atoms with E-state index >= 15 is 0 Å². The number of anilines is 1. The van der Waals surface area contributed by atoms with E-state index in [1.54, 1.807) is 13.2 Å². The molecule has 1 aromatic heterocycles. The van der Waals surface area contributed by atoms with Gasteiger partial charge in [-0.2, -0.15) is 4.98 Å². The highest BCUT2D eigenvalue weighted by molar-refractivity contribution is 5.89. The summed E-state index contributed by atoms with van der Waals surface area (Å²) in [5.74, 6) is -0.306. The van der Waals surface area contributed by atoms with E-state index in [1.807, 2.05) is 18.2 Å². The Hall–Kier alpha value is -3.49. The van der Waals surface area contributed by atoms with Crippen LogP contribution < -0.4 is 10.1 Å². The lowest BCUT2D eigenvalue weighted by Crippen LogP contribution is -2.34. The van der Waals surface area contributed by atoms with Gasteiger partial charge in [0, 0.05) is 12.6 Å². The van der Waals surface area contributed by atoms with Gasteiger partial charge < -0.3 is 19.5 Å². The van der Waals surface area contributed by atoms with E-state index < -0.39 is 23.7 Å². The van der Waals surface area contributed by atoms with E-state index in [1.165, 1.54) is 11.0 Å². The third-order valence-electron chi connectivity index (χ3n) is 4.76. The van der Waals surface area contributed by atoms with Crippen molar-refractivity contribution in [2.24, 2.45) is 0 Å². The second-order valence-electron chi connectivity index (χ2n) is 6.56. The molecule has 1 fully saturated rings. The Balaban J connectivity index is 1.54. The molecule has 0 radical (unpaired) electrons. The molecule has 0 bridgehead atoms. The van der Waals surface area contributed by atoms with Crippen LogP contribution in [0.1, 0.15) is 24.8 Å². The number of aromatic nitrogens is 2. The number of nitrogens with one attached hydrogen (secondary N) is 1. The lowest BCUT2D eigenvalue weighted by Gasteiger charge is -2.22. The van der Waals surface area contributed by atoms with Gasteiger partial charge in [0.2, 0.25) is 11.7 Å². The molecule has 9 heteroatoms. The zero-order valence-electron chi connectivity index (χ0n) is 15.6. The SMILES string of the molecule is COc1ccccc1-c1noc([C@@H]2CCCN2C(=O)Nc2ccc(F)cc2F)n1. The Labute approximate surface area is 165 Å². The summed E-state index contributed by atoms with van der Waals surface area (Å²) in [5.41, 5.74) is 0.578. The minimum Gasteiger partial charge on any atom is -0.496 e. The van der Waals surface area contributed by atoms with Crippen LogP contribution in [0.3, 0.4) is 0 Å². The summed E-state index contributed by atoms with van der Waals surface area (Å²) in [6, 6.07) is 9.29. The molecule has 0 saturated carbocycles. The summed E-state index contributed by atoms with van der Waals surface area (Å²) in [4.78, 5) is 18.6. The van der Waals surface area contributed by atoms with Crippen molar-refractivity contribution in [1.82, 2.24) is 15.0 Å². The molecule has 2 aromatic carbocycles. The highest BCUT2D eigenvalue weighted by atomic mass is 19.1. The summed E-state index contributed by atoms with van der Waals surface area (Å²) >= 11 is 0. The summed E-state index contributed by atoms with van der Waals surface area (Å²) in [6.45, 7) is 0.450. The van der Waals surface area contributed by atoms with Gasteiger partial charge in [-0.25, -0.2) is 13.6 Å². The van der Waals surface area contributed by atoms with E-state index in [9.17, 15) is 13.6 Å². The number of hydrogen-bond donors (Lipinski definition) is 1. The topological polar surface area (TPSA) is 80.5 Å². The number of urea groups is 1. The zero-order valence-corrected chi connectivity index (χ0v) is 15.6. The molecule has 0 aliphatic carbocycles. The number of halogens is 2. The molecule has 1 saturated heterocycles. The normalized spacial score (nSPS) is 16.1. The Morgan fingerprint density at radius 1 is 1.28 bits per heavy atom. The Morgan fingerprint density at radius 2 is 2.10 bits per heavy atom. The number of likely N-dealkylation sites (tertiary alicyclic amines) is 1. The third-order valence-corrected chi connectivity index (χ3v) is 4.76. The number of amides is 2. The number of benzene rings is 2. The molecule has 0 unspecified atom stereocenters. The number of methoxy groups -OCH3 is 1. The highest BCUT2D eigenvalue weighted by Gasteiger charge is 2.34. The van der Waals surface area contributed by atoms with Gasteiger partial charge in [0.1, 0.15) is 23.4 Å². The van der Waals surface area contributed by atoms with Crippen molar-refractivity contribution in [2.75, 3.05) is 19.0 Å². The van der Waals surface area contributed by atoms with Gasteiger partial charge in [0.15, 0.2) is 0 Å². The van der Waals surface area contributed by atoms with E-state index in [4.69, 9.17) is 9.26 Å². The van der Waals surface area contributed by atoms with E-state index in [0.717, 1.165) is 12.5 Å². The first-order valence-electron chi connectivity index (χ1n) is 9.06. The molecule has 150 valence electrons. The van der Waals surface area contributed by atoms with Crippen LogP contribution in [0.5, 0.6) is 5.75 Å². The Kier molecular flexibility index (Phi) is 5.11. The van der Waals surface area contributed by atoms with Crippen LogP contribution in [0.2, 0.25) is 0 Å². The smallest absolute Gasteiger partial charge is 0.322 e. The molecule has 0 spiro atoms. The van der Waals surface area contributed by atoms with Crippen LogP contribution in [0.4, 0.5) is 19.3 Å². The number of hydrogen-bond acceptors (Lipinski definition) is 5.